The van der Waals surface area contributed by atoms with Crippen LogP contribution in [0.4, 0.5) is 10.5 Å². The number of sulfonamides is 1. The molecule has 0 atom stereocenters. The monoisotopic (exact) mass is 463 g/mol. The van der Waals surface area contributed by atoms with Crippen molar-refractivity contribution in [1.82, 2.24) is 10.0 Å². The molecule has 0 aromatic heterocycles. The van der Waals surface area contributed by atoms with Crippen molar-refractivity contribution in [2.24, 2.45) is 0 Å². The van der Waals surface area contributed by atoms with Crippen molar-refractivity contribution in [3.05, 3.63) is 96.1 Å². The van der Waals surface area contributed by atoms with Crippen LogP contribution in [0.1, 0.15) is 11.1 Å². The highest BCUT2D eigenvalue weighted by atomic mass is 32.2. The number of benzene rings is 3. The van der Waals surface area contributed by atoms with Crippen molar-refractivity contribution in [2.75, 3.05) is 11.9 Å². The van der Waals surface area contributed by atoms with E-state index in [4.69, 9.17) is 4.74 Å². The lowest BCUT2D eigenvalue weighted by Gasteiger charge is -2.10. The van der Waals surface area contributed by atoms with Crippen molar-refractivity contribution in [3.63, 3.8) is 0 Å². The second-order valence-electron chi connectivity index (χ2n) is 7.25. The topological polar surface area (TPSA) is 114 Å². The molecule has 33 heavy (non-hydrogen) atoms. The summed E-state index contributed by atoms with van der Waals surface area (Å²) in [5.41, 5.74) is 1.94. The summed E-state index contributed by atoms with van der Waals surface area (Å²) >= 11 is 0. The van der Waals surface area contributed by atoms with E-state index in [0.29, 0.717) is 35.7 Å². The molecule has 8 nitrogen and oxygen atoms in total. The third-order valence-electron chi connectivity index (χ3n) is 4.80. The van der Waals surface area contributed by atoms with Crippen LogP contribution in [0.3, 0.4) is 0 Å². The van der Waals surface area contributed by atoms with Crippen molar-refractivity contribution in [2.45, 2.75) is 6.42 Å². The van der Waals surface area contributed by atoms with Crippen LogP contribution in [0.5, 0.6) is 11.5 Å². The number of ether oxygens (including phenoxy) is 1. The summed E-state index contributed by atoms with van der Waals surface area (Å²) in [7, 11) is -3.79. The number of carbonyl (C=O) groups excluding carboxylic acids is 2. The molecule has 0 radical (unpaired) electrons. The molecular formula is C24H21N3O5S. The molecule has 0 aliphatic carbocycles. The van der Waals surface area contributed by atoms with Gasteiger partial charge in [0.2, 0.25) is 0 Å². The quantitative estimate of drug-likeness (QED) is 0.495. The summed E-state index contributed by atoms with van der Waals surface area (Å²) in [6.07, 6.45) is 1.62. The van der Waals surface area contributed by atoms with Crippen LogP contribution >= 0.6 is 0 Å². The molecule has 0 fully saturated rings. The molecule has 3 amide bonds. The van der Waals surface area contributed by atoms with Crippen LogP contribution in [0.2, 0.25) is 0 Å². The molecule has 1 heterocycles. The molecule has 0 unspecified atom stereocenters. The molecule has 0 spiro atoms. The molecule has 0 saturated heterocycles. The van der Waals surface area contributed by atoms with E-state index in [9.17, 15) is 18.0 Å². The summed E-state index contributed by atoms with van der Waals surface area (Å²) in [6, 6.07) is 22.9. The fourth-order valence-corrected chi connectivity index (χ4v) is 4.39. The van der Waals surface area contributed by atoms with Gasteiger partial charge in [0.25, 0.3) is 15.9 Å². The van der Waals surface area contributed by atoms with Gasteiger partial charge in [-0.1, -0.05) is 48.5 Å². The Balaban J connectivity index is 1.27. The van der Waals surface area contributed by atoms with Gasteiger partial charge in [-0.15, -0.1) is 0 Å². The number of nitrogens with one attached hydrogen (secondary N) is 3. The normalized spacial score (nSPS) is 14.2. The molecule has 3 aromatic rings. The van der Waals surface area contributed by atoms with E-state index < -0.39 is 15.9 Å². The van der Waals surface area contributed by atoms with Gasteiger partial charge in [0.1, 0.15) is 16.4 Å². The first-order valence-corrected chi connectivity index (χ1v) is 11.6. The third kappa shape index (κ3) is 5.78. The van der Waals surface area contributed by atoms with Crippen molar-refractivity contribution >= 4 is 32.6 Å². The molecule has 0 bridgehead atoms. The van der Waals surface area contributed by atoms with Crippen LogP contribution in [0.15, 0.2) is 84.9 Å². The maximum Gasteiger partial charge on any atom is 0.319 e. The van der Waals surface area contributed by atoms with Gasteiger partial charge in [0.05, 0.1) is 0 Å². The molecule has 0 saturated carbocycles. The van der Waals surface area contributed by atoms with Crippen molar-refractivity contribution < 1.29 is 22.7 Å². The van der Waals surface area contributed by atoms with Crippen LogP contribution < -0.4 is 20.1 Å². The summed E-state index contributed by atoms with van der Waals surface area (Å²) < 4.78 is 31.5. The number of hydrogen-bond acceptors (Lipinski definition) is 5. The lowest BCUT2D eigenvalue weighted by molar-refractivity contribution is -0.114. The second kappa shape index (κ2) is 9.58. The van der Waals surface area contributed by atoms with E-state index in [1.807, 2.05) is 35.1 Å². The molecule has 168 valence electrons. The van der Waals surface area contributed by atoms with Crippen LogP contribution in [0, 0.1) is 0 Å². The van der Waals surface area contributed by atoms with E-state index in [1.165, 1.54) is 0 Å². The average molecular weight is 464 g/mol. The average Bonchev–Trinajstić information content (AvgIpc) is 3.07. The number of hydrogen-bond donors (Lipinski definition) is 3. The first-order chi connectivity index (χ1) is 15.9. The van der Waals surface area contributed by atoms with Gasteiger partial charge in [0, 0.05) is 24.4 Å². The Morgan fingerprint density at radius 1 is 0.909 bits per heavy atom. The Hall–Kier alpha value is -4.11. The summed E-state index contributed by atoms with van der Waals surface area (Å²) in [5.74, 6) is 0.659. The Bertz CT molecular complexity index is 1300. The van der Waals surface area contributed by atoms with E-state index in [1.54, 1.807) is 48.5 Å². The number of para-hydroxylation sites is 1. The fourth-order valence-electron chi connectivity index (χ4n) is 3.25. The fraction of sp³-hybridized carbons (Fsp3) is 0.0833. The Labute approximate surface area is 191 Å². The molecule has 1 aliphatic heterocycles. The Kier molecular flexibility index (Phi) is 6.41. The van der Waals surface area contributed by atoms with Crippen LogP contribution in [-0.2, 0) is 21.2 Å². The minimum Gasteiger partial charge on any atom is -0.457 e. The maximum absolute atomic E-state index is 12.2. The van der Waals surface area contributed by atoms with Gasteiger partial charge >= 0.3 is 6.03 Å². The summed E-state index contributed by atoms with van der Waals surface area (Å²) in [4.78, 5) is 23.5. The first kappa shape index (κ1) is 22.1. The SMILES string of the molecule is O=C1C=C(c2ccc(CCNC(=O)Nc3cccc(Oc4ccccc4)c3)cc2)S(=O)(=O)N1. The minimum absolute atomic E-state index is 0.0463. The predicted molar refractivity (Wildman–Crippen MR) is 125 cm³/mol. The van der Waals surface area contributed by atoms with Gasteiger partial charge < -0.3 is 15.4 Å². The van der Waals surface area contributed by atoms with E-state index in [2.05, 4.69) is 10.6 Å². The van der Waals surface area contributed by atoms with Crippen molar-refractivity contribution in [1.29, 1.82) is 0 Å². The summed E-state index contributed by atoms with van der Waals surface area (Å²) in [5, 5.41) is 5.56. The highest BCUT2D eigenvalue weighted by Gasteiger charge is 2.28. The van der Waals surface area contributed by atoms with E-state index in [0.717, 1.165) is 11.6 Å². The molecule has 4 rings (SSSR count). The standard InChI is InChI=1S/C24H21N3O5S/c28-23-16-22(33(30,31)27-23)18-11-9-17(10-12-18)13-14-25-24(29)26-19-5-4-8-21(15-19)32-20-6-2-1-3-7-20/h1-12,15-16H,13-14H2,(H,27,28)(H2,25,26,29). The number of rotatable bonds is 7. The Morgan fingerprint density at radius 2 is 1.64 bits per heavy atom. The molecule has 9 heteroatoms. The lowest BCUT2D eigenvalue weighted by Crippen LogP contribution is -2.30. The predicted octanol–water partition coefficient (Wildman–Crippen LogP) is 3.64. The van der Waals surface area contributed by atoms with Crippen LogP contribution in [-0.4, -0.2) is 26.9 Å². The van der Waals surface area contributed by atoms with E-state index >= 15 is 0 Å². The minimum atomic E-state index is -3.79. The second-order valence-corrected chi connectivity index (χ2v) is 8.90. The zero-order chi connectivity index (χ0) is 23.3. The molecule has 1 aliphatic rings. The highest BCUT2D eigenvalue weighted by Crippen LogP contribution is 2.25. The number of anilines is 1. The van der Waals surface area contributed by atoms with Crippen LogP contribution in [0.25, 0.3) is 4.91 Å². The molecule has 3 aromatic carbocycles. The zero-order valence-corrected chi connectivity index (χ0v) is 18.3. The number of carbonyl (C=O) groups is 2. The Morgan fingerprint density at radius 3 is 2.33 bits per heavy atom. The largest absolute Gasteiger partial charge is 0.457 e. The zero-order valence-electron chi connectivity index (χ0n) is 17.4. The maximum atomic E-state index is 12.2. The third-order valence-corrected chi connectivity index (χ3v) is 6.20. The van der Waals surface area contributed by atoms with Gasteiger partial charge in [-0.3, -0.25) is 4.79 Å². The van der Waals surface area contributed by atoms with E-state index in [-0.39, 0.29) is 10.9 Å². The van der Waals surface area contributed by atoms with Crippen molar-refractivity contribution in [3.8, 4) is 11.5 Å². The van der Waals surface area contributed by atoms with Gasteiger partial charge in [0.15, 0.2) is 0 Å². The van der Waals surface area contributed by atoms with Gasteiger partial charge in [-0.05, 0) is 41.8 Å². The molecule has 3 N–H and O–H groups in total. The first-order valence-electron chi connectivity index (χ1n) is 10.1. The van der Waals surface area contributed by atoms with Gasteiger partial charge in [-0.25, -0.2) is 17.9 Å². The lowest BCUT2D eigenvalue weighted by atomic mass is 10.1. The number of amides is 3. The van der Waals surface area contributed by atoms with Gasteiger partial charge in [-0.2, -0.15) is 0 Å². The highest BCUT2D eigenvalue weighted by molar-refractivity contribution is 7.99. The molecular weight excluding hydrogens is 442 g/mol. The smallest absolute Gasteiger partial charge is 0.319 e. The number of urea groups is 1. The summed E-state index contributed by atoms with van der Waals surface area (Å²) in [6.45, 7) is 0.381.